The summed E-state index contributed by atoms with van der Waals surface area (Å²) < 4.78 is 5.28. The second kappa shape index (κ2) is 4.40. The van der Waals surface area contributed by atoms with Gasteiger partial charge in [-0.25, -0.2) is 0 Å². The van der Waals surface area contributed by atoms with E-state index in [1.807, 2.05) is 13.8 Å². The van der Waals surface area contributed by atoms with Gasteiger partial charge in [-0.05, 0) is 6.42 Å². The van der Waals surface area contributed by atoms with Crippen LogP contribution in [-0.4, -0.2) is 36.1 Å². The van der Waals surface area contributed by atoms with Gasteiger partial charge in [0.15, 0.2) is 6.29 Å². The Bertz CT molecular complexity index is 157. The van der Waals surface area contributed by atoms with Crippen LogP contribution in [0.3, 0.4) is 0 Å². The molecule has 0 aromatic heterocycles. The highest BCUT2D eigenvalue weighted by Crippen LogP contribution is 2.27. The molecule has 0 spiro atoms. The minimum Gasteiger partial charge on any atom is -0.367 e. The number of aliphatic hydroxyl groups excluding tert-OH is 1. The van der Waals surface area contributed by atoms with Crippen molar-refractivity contribution in [3.63, 3.8) is 0 Å². The highest BCUT2D eigenvalue weighted by molar-refractivity contribution is 4.79. The van der Waals surface area contributed by atoms with E-state index in [1.54, 1.807) is 0 Å². The Hall–Kier alpha value is -0.120. The molecule has 0 amide bonds. The Morgan fingerprint density at radius 2 is 2.23 bits per heavy atom. The van der Waals surface area contributed by atoms with Crippen LogP contribution < -0.4 is 0 Å². The summed E-state index contributed by atoms with van der Waals surface area (Å²) in [5.74, 6) is 0. The number of unbranched alkanes of at least 4 members (excludes halogenated alkanes) is 1. The molecule has 3 heteroatoms. The second-order valence-electron chi connectivity index (χ2n) is 4.54. The molecular formula is C10H21NO2. The fourth-order valence-corrected chi connectivity index (χ4v) is 1.63. The van der Waals surface area contributed by atoms with Crippen molar-refractivity contribution in [1.29, 1.82) is 0 Å². The van der Waals surface area contributed by atoms with Crippen LogP contribution in [0.2, 0.25) is 0 Å². The summed E-state index contributed by atoms with van der Waals surface area (Å²) in [5, 5.41) is 9.53. The first-order chi connectivity index (χ1) is 6.06. The van der Waals surface area contributed by atoms with Gasteiger partial charge in [0, 0.05) is 18.5 Å². The summed E-state index contributed by atoms with van der Waals surface area (Å²) in [7, 11) is 0. The van der Waals surface area contributed by atoms with Crippen molar-refractivity contribution in [2.75, 3.05) is 19.8 Å². The highest BCUT2D eigenvalue weighted by atomic mass is 16.6. The first kappa shape index (κ1) is 11.0. The first-order valence-electron chi connectivity index (χ1n) is 5.08. The van der Waals surface area contributed by atoms with E-state index in [4.69, 9.17) is 4.74 Å². The summed E-state index contributed by atoms with van der Waals surface area (Å²) >= 11 is 0. The predicted octanol–water partition coefficient (Wildman–Crippen LogP) is 1.42. The maximum absolute atomic E-state index is 9.53. The number of nitrogens with zero attached hydrogens (tertiary/aromatic N) is 1. The third kappa shape index (κ3) is 2.93. The number of hydrogen-bond acceptors (Lipinski definition) is 3. The molecule has 0 aromatic rings. The predicted molar refractivity (Wildman–Crippen MR) is 52.2 cm³/mol. The van der Waals surface area contributed by atoms with Crippen LogP contribution in [0, 0.1) is 5.41 Å². The van der Waals surface area contributed by atoms with E-state index >= 15 is 0 Å². The van der Waals surface area contributed by atoms with Crippen LogP contribution in [0.4, 0.5) is 0 Å². The average Bonchev–Trinajstić information content (AvgIpc) is 2.07. The zero-order chi connectivity index (χ0) is 9.90. The van der Waals surface area contributed by atoms with Crippen molar-refractivity contribution in [3.8, 4) is 0 Å². The highest BCUT2D eigenvalue weighted by Gasteiger charge is 2.35. The van der Waals surface area contributed by atoms with Crippen molar-refractivity contribution < 1.29 is 9.84 Å². The maximum atomic E-state index is 9.53. The lowest BCUT2D eigenvalue weighted by molar-refractivity contribution is -0.230. The molecule has 13 heavy (non-hydrogen) atoms. The Morgan fingerprint density at radius 1 is 1.54 bits per heavy atom. The fraction of sp³-hybridized carbons (Fsp3) is 1.00. The molecule has 1 rings (SSSR count). The molecule has 0 aromatic carbocycles. The molecule has 0 radical (unpaired) electrons. The quantitative estimate of drug-likeness (QED) is 0.725. The molecule has 1 saturated heterocycles. The van der Waals surface area contributed by atoms with Gasteiger partial charge in [0.05, 0.1) is 0 Å². The standard InChI is InChI=1S/C10H21NO2/c1-4-5-6-11-7-10(2,3)9(12)13-8-11/h9,12H,4-8H2,1-3H3. The molecular weight excluding hydrogens is 166 g/mol. The minimum absolute atomic E-state index is 0.133. The minimum atomic E-state index is -0.606. The first-order valence-corrected chi connectivity index (χ1v) is 5.08. The molecule has 0 aliphatic carbocycles. The molecule has 1 aliphatic heterocycles. The van der Waals surface area contributed by atoms with Crippen LogP contribution in [0.25, 0.3) is 0 Å². The molecule has 1 aliphatic rings. The molecule has 0 saturated carbocycles. The van der Waals surface area contributed by atoms with Crippen molar-refractivity contribution in [3.05, 3.63) is 0 Å². The van der Waals surface area contributed by atoms with Crippen LogP contribution in [0.5, 0.6) is 0 Å². The summed E-state index contributed by atoms with van der Waals surface area (Å²) in [6.07, 6.45) is 1.81. The van der Waals surface area contributed by atoms with E-state index in [0.717, 1.165) is 13.1 Å². The van der Waals surface area contributed by atoms with Gasteiger partial charge in [-0.1, -0.05) is 27.2 Å². The van der Waals surface area contributed by atoms with Crippen molar-refractivity contribution in [2.45, 2.75) is 39.9 Å². The van der Waals surface area contributed by atoms with E-state index in [2.05, 4.69) is 11.8 Å². The third-order valence-corrected chi connectivity index (χ3v) is 2.54. The van der Waals surface area contributed by atoms with Crippen molar-refractivity contribution in [1.82, 2.24) is 4.90 Å². The van der Waals surface area contributed by atoms with Gasteiger partial charge >= 0.3 is 0 Å². The zero-order valence-electron chi connectivity index (χ0n) is 8.92. The molecule has 3 nitrogen and oxygen atoms in total. The number of aliphatic hydroxyl groups is 1. The third-order valence-electron chi connectivity index (χ3n) is 2.54. The van der Waals surface area contributed by atoms with Crippen molar-refractivity contribution >= 4 is 0 Å². The lowest BCUT2D eigenvalue weighted by Crippen LogP contribution is -2.50. The van der Waals surface area contributed by atoms with E-state index < -0.39 is 6.29 Å². The number of ether oxygens (including phenoxy) is 1. The Morgan fingerprint density at radius 3 is 2.77 bits per heavy atom. The fourth-order valence-electron chi connectivity index (χ4n) is 1.63. The van der Waals surface area contributed by atoms with Crippen LogP contribution in [-0.2, 0) is 4.74 Å². The van der Waals surface area contributed by atoms with Crippen LogP contribution >= 0.6 is 0 Å². The van der Waals surface area contributed by atoms with Gasteiger partial charge < -0.3 is 9.84 Å². The van der Waals surface area contributed by atoms with Gasteiger partial charge in [-0.2, -0.15) is 0 Å². The van der Waals surface area contributed by atoms with E-state index in [9.17, 15) is 5.11 Å². The normalized spacial score (nSPS) is 29.1. The van der Waals surface area contributed by atoms with Gasteiger partial charge in [0.1, 0.15) is 6.73 Å². The van der Waals surface area contributed by atoms with Crippen LogP contribution in [0.15, 0.2) is 0 Å². The lowest BCUT2D eigenvalue weighted by Gasteiger charge is -2.41. The van der Waals surface area contributed by atoms with Gasteiger partial charge in [0.25, 0.3) is 0 Å². The zero-order valence-corrected chi connectivity index (χ0v) is 8.92. The molecule has 78 valence electrons. The number of rotatable bonds is 3. The molecule has 1 N–H and O–H groups in total. The van der Waals surface area contributed by atoms with Crippen molar-refractivity contribution in [2.24, 2.45) is 5.41 Å². The summed E-state index contributed by atoms with van der Waals surface area (Å²) in [5.41, 5.74) is -0.133. The van der Waals surface area contributed by atoms with Gasteiger partial charge in [0.2, 0.25) is 0 Å². The summed E-state index contributed by atoms with van der Waals surface area (Å²) in [4.78, 5) is 2.26. The Balaban J connectivity index is 2.37. The molecule has 1 heterocycles. The Kier molecular flexibility index (Phi) is 3.71. The SMILES string of the molecule is CCCCN1COC(O)C(C)(C)C1. The lowest BCUT2D eigenvalue weighted by atomic mass is 9.91. The summed E-state index contributed by atoms with van der Waals surface area (Å²) in [6, 6.07) is 0. The van der Waals surface area contributed by atoms with E-state index in [0.29, 0.717) is 6.73 Å². The van der Waals surface area contributed by atoms with Gasteiger partial charge in [-0.15, -0.1) is 0 Å². The average molecular weight is 187 g/mol. The molecule has 0 bridgehead atoms. The largest absolute Gasteiger partial charge is 0.367 e. The maximum Gasteiger partial charge on any atom is 0.162 e. The number of hydrogen-bond donors (Lipinski definition) is 1. The summed E-state index contributed by atoms with van der Waals surface area (Å²) in [6.45, 7) is 8.84. The topological polar surface area (TPSA) is 32.7 Å². The molecule has 1 unspecified atom stereocenters. The van der Waals surface area contributed by atoms with E-state index in [1.165, 1.54) is 12.8 Å². The van der Waals surface area contributed by atoms with Gasteiger partial charge in [-0.3, -0.25) is 4.90 Å². The van der Waals surface area contributed by atoms with E-state index in [-0.39, 0.29) is 5.41 Å². The molecule has 1 atom stereocenters. The Labute approximate surface area is 80.7 Å². The molecule has 1 fully saturated rings. The second-order valence-corrected chi connectivity index (χ2v) is 4.54. The monoisotopic (exact) mass is 187 g/mol. The van der Waals surface area contributed by atoms with Crippen LogP contribution in [0.1, 0.15) is 33.6 Å². The smallest absolute Gasteiger partial charge is 0.162 e.